The summed E-state index contributed by atoms with van der Waals surface area (Å²) in [5.41, 5.74) is 0. The number of nitrogens with zero attached hydrogens (tertiary/aromatic N) is 2. The van der Waals surface area contributed by atoms with Crippen LogP contribution in [-0.2, 0) is 17.1 Å². The standard InChI is InChI=1S/C9H17N3O3S/c1-7(2)8(13)4-11-16(14,15)9-5-12(3)6-10-9/h5-8,11,13H,4H2,1-3H3. The van der Waals surface area contributed by atoms with Gasteiger partial charge in [0, 0.05) is 19.8 Å². The second-order valence-electron chi connectivity index (χ2n) is 4.04. The molecule has 0 amide bonds. The molecule has 0 bridgehead atoms. The van der Waals surface area contributed by atoms with Crippen molar-refractivity contribution in [1.82, 2.24) is 14.3 Å². The SMILES string of the molecule is CC(C)C(O)CNS(=O)(=O)c1cn(C)cn1. The molecule has 0 aliphatic rings. The highest BCUT2D eigenvalue weighted by atomic mass is 32.2. The fourth-order valence-corrected chi connectivity index (χ4v) is 2.06. The minimum atomic E-state index is -3.61. The van der Waals surface area contributed by atoms with E-state index < -0.39 is 16.1 Å². The number of sulfonamides is 1. The van der Waals surface area contributed by atoms with Crippen LogP contribution < -0.4 is 4.72 Å². The van der Waals surface area contributed by atoms with Crippen LogP contribution in [0.1, 0.15) is 13.8 Å². The predicted molar refractivity (Wildman–Crippen MR) is 59.2 cm³/mol. The van der Waals surface area contributed by atoms with Crippen molar-refractivity contribution in [3.63, 3.8) is 0 Å². The van der Waals surface area contributed by atoms with E-state index in [-0.39, 0.29) is 17.5 Å². The summed E-state index contributed by atoms with van der Waals surface area (Å²) in [6.45, 7) is 3.63. The minimum Gasteiger partial charge on any atom is -0.391 e. The molecule has 7 heteroatoms. The van der Waals surface area contributed by atoms with Crippen LogP contribution in [0.4, 0.5) is 0 Å². The monoisotopic (exact) mass is 247 g/mol. The van der Waals surface area contributed by atoms with Gasteiger partial charge in [0.2, 0.25) is 0 Å². The van der Waals surface area contributed by atoms with Crippen molar-refractivity contribution in [3.8, 4) is 0 Å². The Labute approximate surface area is 95.4 Å². The lowest BCUT2D eigenvalue weighted by Crippen LogP contribution is -2.34. The largest absolute Gasteiger partial charge is 0.391 e. The number of aliphatic hydroxyl groups excluding tert-OH is 1. The lowest BCUT2D eigenvalue weighted by Gasteiger charge is -2.14. The minimum absolute atomic E-state index is 0.00340. The van der Waals surface area contributed by atoms with E-state index in [2.05, 4.69) is 9.71 Å². The number of aliphatic hydroxyl groups is 1. The van der Waals surface area contributed by atoms with Gasteiger partial charge in [0.05, 0.1) is 12.4 Å². The Bertz CT molecular complexity index is 439. The van der Waals surface area contributed by atoms with E-state index in [1.807, 2.05) is 13.8 Å². The van der Waals surface area contributed by atoms with Crippen LogP contribution in [0.5, 0.6) is 0 Å². The number of rotatable bonds is 5. The zero-order valence-corrected chi connectivity index (χ0v) is 10.4. The van der Waals surface area contributed by atoms with Crippen LogP contribution in [0.3, 0.4) is 0 Å². The molecule has 0 aromatic carbocycles. The lowest BCUT2D eigenvalue weighted by atomic mass is 10.1. The fourth-order valence-electron chi connectivity index (χ4n) is 1.03. The van der Waals surface area contributed by atoms with Gasteiger partial charge in [0.25, 0.3) is 10.0 Å². The van der Waals surface area contributed by atoms with Gasteiger partial charge >= 0.3 is 0 Å². The van der Waals surface area contributed by atoms with Gasteiger partial charge in [-0.2, -0.15) is 0 Å². The smallest absolute Gasteiger partial charge is 0.259 e. The van der Waals surface area contributed by atoms with Gasteiger partial charge in [-0.05, 0) is 5.92 Å². The first-order chi connectivity index (χ1) is 7.33. The van der Waals surface area contributed by atoms with Crippen molar-refractivity contribution < 1.29 is 13.5 Å². The molecule has 92 valence electrons. The second-order valence-corrected chi connectivity index (χ2v) is 5.75. The number of hydrogen-bond acceptors (Lipinski definition) is 4. The van der Waals surface area contributed by atoms with Gasteiger partial charge in [-0.1, -0.05) is 13.8 Å². The average Bonchev–Trinajstić information content (AvgIpc) is 2.61. The van der Waals surface area contributed by atoms with E-state index in [0.717, 1.165) is 0 Å². The summed E-state index contributed by atoms with van der Waals surface area (Å²) in [5.74, 6) is 0.00596. The van der Waals surface area contributed by atoms with E-state index in [1.165, 1.54) is 12.5 Å². The highest BCUT2D eigenvalue weighted by molar-refractivity contribution is 7.89. The Balaban J connectivity index is 2.67. The molecule has 16 heavy (non-hydrogen) atoms. The number of hydrogen-bond donors (Lipinski definition) is 2. The van der Waals surface area contributed by atoms with Gasteiger partial charge in [-0.15, -0.1) is 0 Å². The first-order valence-corrected chi connectivity index (χ1v) is 6.47. The molecule has 6 nitrogen and oxygen atoms in total. The summed E-state index contributed by atoms with van der Waals surface area (Å²) in [6, 6.07) is 0. The van der Waals surface area contributed by atoms with Crippen molar-refractivity contribution >= 4 is 10.0 Å². The predicted octanol–water partition coefficient (Wildman–Crippen LogP) is -0.285. The zero-order valence-electron chi connectivity index (χ0n) is 9.58. The van der Waals surface area contributed by atoms with E-state index in [1.54, 1.807) is 11.6 Å². The van der Waals surface area contributed by atoms with Crippen LogP contribution in [-0.4, -0.2) is 35.7 Å². The van der Waals surface area contributed by atoms with Gasteiger partial charge in [-0.25, -0.2) is 18.1 Å². The average molecular weight is 247 g/mol. The molecule has 0 aliphatic carbocycles. The Morgan fingerprint density at radius 1 is 1.56 bits per heavy atom. The van der Waals surface area contributed by atoms with Gasteiger partial charge in [0.1, 0.15) is 0 Å². The number of nitrogens with one attached hydrogen (secondary N) is 1. The maximum Gasteiger partial charge on any atom is 0.259 e. The molecular weight excluding hydrogens is 230 g/mol. The molecule has 1 rings (SSSR count). The Morgan fingerprint density at radius 2 is 2.19 bits per heavy atom. The van der Waals surface area contributed by atoms with E-state index in [0.29, 0.717) is 0 Å². The normalized spacial score (nSPS) is 14.3. The Morgan fingerprint density at radius 3 is 2.62 bits per heavy atom. The highest BCUT2D eigenvalue weighted by Gasteiger charge is 2.19. The third-order valence-corrected chi connectivity index (χ3v) is 3.52. The Kier molecular flexibility index (Phi) is 4.06. The van der Waals surface area contributed by atoms with Crippen LogP contribution >= 0.6 is 0 Å². The molecule has 2 N–H and O–H groups in total. The maximum absolute atomic E-state index is 11.7. The summed E-state index contributed by atoms with van der Waals surface area (Å²) < 4.78 is 27.2. The van der Waals surface area contributed by atoms with Crippen molar-refractivity contribution in [2.75, 3.05) is 6.54 Å². The Hall–Kier alpha value is -0.920. The molecule has 1 aromatic heterocycles. The fraction of sp³-hybridized carbons (Fsp3) is 0.667. The summed E-state index contributed by atoms with van der Waals surface area (Å²) in [5, 5.41) is 9.45. The maximum atomic E-state index is 11.7. The third-order valence-electron chi connectivity index (χ3n) is 2.21. The number of imidazole rings is 1. The zero-order chi connectivity index (χ0) is 12.3. The first kappa shape index (κ1) is 13.1. The van der Waals surface area contributed by atoms with E-state index in [4.69, 9.17) is 0 Å². The first-order valence-electron chi connectivity index (χ1n) is 4.98. The van der Waals surface area contributed by atoms with Crippen LogP contribution in [0.15, 0.2) is 17.6 Å². The molecule has 0 saturated heterocycles. The molecule has 0 radical (unpaired) electrons. The van der Waals surface area contributed by atoms with E-state index >= 15 is 0 Å². The molecule has 1 atom stereocenters. The van der Waals surface area contributed by atoms with Crippen molar-refractivity contribution in [2.45, 2.75) is 25.0 Å². The van der Waals surface area contributed by atoms with Crippen molar-refractivity contribution in [2.24, 2.45) is 13.0 Å². The number of aryl methyl sites for hydroxylation is 1. The molecule has 0 saturated carbocycles. The topological polar surface area (TPSA) is 84.2 Å². The van der Waals surface area contributed by atoms with Crippen molar-refractivity contribution in [1.29, 1.82) is 0 Å². The lowest BCUT2D eigenvalue weighted by molar-refractivity contribution is 0.129. The quantitative estimate of drug-likeness (QED) is 0.749. The molecule has 1 unspecified atom stereocenters. The van der Waals surface area contributed by atoms with Crippen LogP contribution in [0, 0.1) is 5.92 Å². The molecule has 0 aliphatic heterocycles. The van der Waals surface area contributed by atoms with Crippen molar-refractivity contribution in [3.05, 3.63) is 12.5 Å². The second kappa shape index (κ2) is 4.94. The summed E-state index contributed by atoms with van der Waals surface area (Å²) >= 11 is 0. The van der Waals surface area contributed by atoms with Gasteiger partial charge in [0.15, 0.2) is 5.03 Å². The summed E-state index contributed by atoms with van der Waals surface area (Å²) in [6.07, 6.45) is 2.12. The van der Waals surface area contributed by atoms with Gasteiger partial charge < -0.3 is 9.67 Å². The van der Waals surface area contributed by atoms with Crippen LogP contribution in [0.2, 0.25) is 0 Å². The summed E-state index contributed by atoms with van der Waals surface area (Å²) in [7, 11) is -1.92. The molecule has 1 heterocycles. The number of aromatic nitrogens is 2. The van der Waals surface area contributed by atoms with Crippen LogP contribution in [0.25, 0.3) is 0 Å². The third kappa shape index (κ3) is 3.29. The molecule has 1 aromatic rings. The molecule has 0 fully saturated rings. The molecule has 0 spiro atoms. The highest BCUT2D eigenvalue weighted by Crippen LogP contribution is 2.05. The van der Waals surface area contributed by atoms with Gasteiger partial charge in [-0.3, -0.25) is 0 Å². The molecular formula is C9H17N3O3S. The summed E-state index contributed by atoms with van der Waals surface area (Å²) in [4.78, 5) is 3.74. The van der Waals surface area contributed by atoms with E-state index in [9.17, 15) is 13.5 Å².